The zero-order valence-corrected chi connectivity index (χ0v) is 14.3. The first-order valence-electron chi connectivity index (χ1n) is 6.28. The molecule has 0 saturated carbocycles. The molecular weight excluding hydrogens is 386 g/mol. The Bertz CT molecular complexity index is 593. The molecule has 118 valence electrons. The Morgan fingerprint density at radius 2 is 1.86 bits per heavy atom. The summed E-state index contributed by atoms with van der Waals surface area (Å²) >= 11 is 3.19. The van der Waals surface area contributed by atoms with Gasteiger partial charge in [0.05, 0.1) is 23.3 Å². The van der Waals surface area contributed by atoms with Crippen LogP contribution in [-0.2, 0) is 9.05 Å². The van der Waals surface area contributed by atoms with Crippen molar-refractivity contribution in [3.05, 3.63) is 32.8 Å². The van der Waals surface area contributed by atoms with Crippen LogP contribution in [0.4, 0.5) is 5.69 Å². The van der Waals surface area contributed by atoms with Crippen LogP contribution in [0.25, 0.3) is 0 Å². The molecule has 1 rings (SSSR count). The molecule has 0 aromatic heterocycles. The Morgan fingerprint density at radius 3 is 2.48 bits per heavy atom. The third-order valence-electron chi connectivity index (χ3n) is 2.62. The molecule has 1 aromatic rings. The van der Waals surface area contributed by atoms with E-state index in [-0.39, 0.29) is 11.4 Å². The van der Waals surface area contributed by atoms with Crippen molar-refractivity contribution in [2.45, 2.75) is 25.7 Å². The number of hydrogen-bond donors (Lipinski definition) is 0. The van der Waals surface area contributed by atoms with E-state index in [4.69, 9.17) is 15.4 Å². The van der Waals surface area contributed by atoms with Crippen molar-refractivity contribution >= 4 is 41.4 Å². The van der Waals surface area contributed by atoms with Crippen LogP contribution < -0.4 is 4.74 Å². The smallest absolute Gasteiger partial charge is 0.274 e. The molecule has 0 unspecified atom stereocenters. The van der Waals surface area contributed by atoms with E-state index in [1.807, 2.05) is 0 Å². The molecule has 0 heterocycles. The van der Waals surface area contributed by atoms with Crippen molar-refractivity contribution in [1.82, 2.24) is 0 Å². The van der Waals surface area contributed by atoms with Gasteiger partial charge in [-0.25, -0.2) is 8.42 Å². The van der Waals surface area contributed by atoms with Crippen LogP contribution in [0.15, 0.2) is 22.7 Å². The molecule has 0 amide bonds. The summed E-state index contributed by atoms with van der Waals surface area (Å²) in [5.41, 5.74) is -0.0355. The van der Waals surface area contributed by atoms with E-state index >= 15 is 0 Å². The second-order valence-electron chi connectivity index (χ2n) is 4.41. The summed E-state index contributed by atoms with van der Waals surface area (Å²) in [5, 5.41) is 10.7. The maximum Gasteiger partial charge on any atom is 0.274 e. The van der Waals surface area contributed by atoms with Crippen molar-refractivity contribution < 1.29 is 18.1 Å². The summed E-state index contributed by atoms with van der Waals surface area (Å²) in [4.78, 5) is 10.2. The highest BCUT2D eigenvalue weighted by Crippen LogP contribution is 2.26. The monoisotopic (exact) mass is 399 g/mol. The lowest BCUT2D eigenvalue weighted by molar-refractivity contribution is -0.385. The van der Waals surface area contributed by atoms with Gasteiger partial charge in [-0.05, 0) is 18.9 Å². The fourth-order valence-electron chi connectivity index (χ4n) is 1.66. The van der Waals surface area contributed by atoms with Crippen LogP contribution >= 0.6 is 26.6 Å². The highest BCUT2D eigenvalue weighted by Gasteiger charge is 2.09. The van der Waals surface area contributed by atoms with E-state index in [1.54, 1.807) is 6.07 Å². The van der Waals surface area contributed by atoms with Gasteiger partial charge in [0, 0.05) is 21.2 Å². The summed E-state index contributed by atoms with van der Waals surface area (Å²) in [6.45, 7) is 0.418. The molecule has 0 aliphatic rings. The Labute approximate surface area is 136 Å². The van der Waals surface area contributed by atoms with Crippen LogP contribution in [0.1, 0.15) is 25.7 Å². The molecule has 0 aliphatic heterocycles. The van der Waals surface area contributed by atoms with Crippen molar-refractivity contribution in [3.63, 3.8) is 0 Å². The molecule has 0 fully saturated rings. The number of ether oxygens (including phenoxy) is 1. The number of unbranched alkanes of at least 4 members (excludes halogenated alkanes) is 3. The van der Waals surface area contributed by atoms with Gasteiger partial charge >= 0.3 is 0 Å². The van der Waals surface area contributed by atoms with Crippen LogP contribution in [0, 0.1) is 10.1 Å². The quantitative estimate of drug-likeness (QED) is 0.272. The number of hydrogen-bond acceptors (Lipinski definition) is 5. The van der Waals surface area contributed by atoms with E-state index in [1.165, 1.54) is 12.1 Å². The number of nitrogens with zero attached hydrogens (tertiary/aromatic N) is 1. The maximum atomic E-state index is 10.7. The number of rotatable bonds is 9. The summed E-state index contributed by atoms with van der Waals surface area (Å²) < 4.78 is 27.4. The van der Waals surface area contributed by atoms with Gasteiger partial charge < -0.3 is 4.74 Å². The normalized spacial score (nSPS) is 11.3. The lowest BCUT2D eigenvalue weighted by Crippen LogP contribution is -2.00. The second kappa shape index (κ2) is 8.55. The van der Waals surface area contributed by atoms with E-state index < -0.39 is 14.0 Å². The summed E-state index contributed by atoms with van der Waals surface area (Å²) in [6, 6.07) is 4.43. The fourth-order valence-corrected chi connectivity index (χ4v) is 2.99. The SMILES string of the molecule is O=[N+]([O-])c1cc(Br)cc(OCCCCCCS(=O)(=O)Cl)c1. The first-order valence-corrected chi connectivity index (χ1v) is 9.55. The van der Waals surface area contributed by atoms with Crippen LogP contribution in [-0.4, -0.2) is 25.7 Å². The molecule has 0 saturated heterocycles. The first-order chi connectivity index (χ1) is 9.78. The second-order valence-corrected chi connectivity index (χ2v) is 8.22. The number of benzene rings is 1. The molecule has 0 atom stereocenters. The van der Waals surface area contributed by atoms with Crippen LogP contribution in [0.3, 0.4) is 0 Å². The number of halogens is 2. The van der Waals surface area contributed by atoms with Gasteiger partial charge in [-0.2, -0.15) is 0 Å². The third kappa shape index (κ3) is 8.23. The molecule has 0 radical (unpaired) electrons. The minimum Gasteiger partial charge on any atom is -0.493 e. The number of non-ortho nitro benzene ring substituents is 1. The van der Waals surface area contributed by atoms with Gasteiger partial charge in [-0.3, -0.25) is 10.1 Å². The van der Waals surface area contributed by atoms with Crippen molar-refractivity contribution in [1.29, 1.82) is 0 Å². The number of nitro benzene ring substituents is 1. The van der Waals surface area contributed by atoms with E-state index in [2.05, 4.69) is 15.9 Å². The van der Waals surface area contributed by atoms with E-state index in [9.17, 15) is 18.5 Å². The molecule has 21 heavy (non-hydrogen) atoms. The summed E-state index contributed by atoms with van der Waals surface area (Å²) in [7, 11) is 1.69. The predicted molar refractivity (Wildman–Crippen MR) is 84.4 cm³/mol. The first kappa shape index (κ1) is 18.2. The summed E-state index contributed by atoms with van der Waals surface area (Å²) in [5.74, 6) is 0.409. The van der Waals surface area contributed by atoms with Gasteiger partial charge in [0.15, 0.2) is 0 Å². The maximum absolute atomic E-state index is 10.7. The molecule has 0 bridgehead atoms. The standard InChI is InChI=1S/C12H15BrClNO5S/c13-10-7-11(15(16)17)9-12(8-10)20-5-3-1-2-4-6-21(14,18)19/h7-9H,1-6H2. The van der Waals surface area contributed by atoms with Gasteiger partial charge in [-0.15, -0.1) is 0 Å². The van der Waals surface area contributed by atoms with Gasteiger partial charge in [0.2, 0.25) is 9.05 Å². The largest absolute Gasteiger partial charge is 0.493 e. The zero-order valence-electron chi connectivity index (χ0n) is 11.1. The van der Waals surface area contributed by atoms with Crippen molar-refractivity contribution in [2.24, 2.45) is 0 Å². The van der Waals surface area contributed by atoms with Crippen LogP contribution in [0.2, 0.25) is 0 Å². The van der Waals surface area contributed by atoms with Gasteiger partial charge in [-0.1, -0.05) is 28.8 Å². The molecule has 0 aliphatic carbocycles. The lowest BCUT2D eigenvalue weighted by Gasteiger charge is -2.06. The average Bonchev–Trinajstić information content (AvgIpc) is 2.35. The predicted octanol–water partition coefficient (Wildman–Crippen LogP) is 3.87. The van der Waals surface area contributed by atoms with Gasteiger partial charge in [0.1, 0.15) is 5.75 Å². The van der Waals surface area contributed by atoms with Gasteiger partial charge in [0.25, 0.3) is 5.69 Å². The number of nitro groups is 1. The van der Waals surface area contributed by atoms with E-state index in [0.717, 1.165) is 19.3 Å². The Balaban J connectivity index is 2.28. The highest BCUT2D eigenvalue weighted by atomic mass is 79.9. The fraction of sp³-hybridized carbons (Fsp3) is 0.500. The third-order valence-corrected chi connectivity index (χ3v) is 4.32. The minimum absolute atomic E-state index is 0.0206. The topological polar surface area (TPSA) is 86.5 Å². The molecule has 0 spiro atoms. The summed E-state index contributed by atoms with van der Waals surface area (Å²) in [6.07, 6.45) is 2.81. The van der Waals surface area contributed by atoms with Crippen molar-refractivity contribution in [2.75, 3.05) is 12.4 Å². The minimum atomic E-state index is -3.41. The molecule has 1 aromatic carbocycles. The Kier molecular flexibility index (Phi) is 7.41. The van der Waals surface area contributed by atoms with Crippen molar-refractivity contribution in [3.8, 4) is 5.75 Å². The van der Waals surface area contributed by atoms with E-state index in [0.29, 0.717) is 23.2 Å². The molecule has 6 nitrogen and oxygen atoms in total. The van der Waals surface area contributed by atoms with Crippen LogP contribution in [0.5, 0.6) is 5.75 Å². The Morgan fingerprint density at radius 1 is 1.19 bits per heavy atom. The average molecular weight is 401 g/mol. The Hall–Kier alpha value is -0.860. The molecule has 9 heteroatoms. The molecular formula is C12H15BrClNO5S. The lowest BCUT2D eigenvalue weighted by atomic mass is 10.2. The highest BCUT2D eigenvalue weighted by molar-refractivity contribution is 9.10. The zero-order chi connectivity index (χ0) is 15.9. The molecule has 0 N–H and O–H groups in total.